The fourth-order valence-corrected chi connectivity index (χ4v) is 2.73. The Kier molecular flexibility index (Phi) is 6.21. The maximum Gasteiger partial charge on any atom is 0.191 e. The number of hydrogen-bond acceptors (Lipinski definition) is 4. The third-order valence-corrected chi connectivity index (χ3v) is 3.66. The third kappa shape index (κ3) is 5.39. The van der Waals surface area contributed by atoms with Gasteiger partial charge in [0.05, 0.1) is 12.2 Å². The number of nitrogens with one attached hydrogen (secondary N) is 2. The topological polar surface area (TPSA) is 61.8 Å². The summed E-state index contributed by atoms with van der Waals surface area (Å²) >= 11 is 0. The van der Waals surface area contributed by atoms with E-state index in [-0.39, 0.29) is 12.2 Å². The Morgan fingerprint density at radius 2 is 2.04 bits per heavy atom. The number of pyridine rings is 1. The SMILES string of the molecule is CN=C(NCc1ccc(N2C[C@H](C)O[C@@H](C)C2)nc1)NC(C)C. The maximum atomic E-state index is 5.77. The van der Waals surface area contributed by atoms with Crippen molar-refractivity contribution in [3.63, 3.8) is 0 Å². The van der Waals surface area contributed by atoms with E-state index in [1.807, 2.05) is 6.20 Å². The van der Waals surface area contributed by atoms with E-state index in [4.69, 9.17) is 4.74 Å². The molecular formula is C17H29N5O. The molecule has 1 saturated heterocycles. The molecule has 0 amide bonds. The van der Waals surface area contributed by atoms with Gasteiger partial charge in [-0.05, 0) is 39.3 Å². The molecule has 0 unspecified atom stereocenters. The van der Waals surface area contributed by atoms with Gasteiger partial charge in [-0.25, -0.2) is 4.98 Å². The van der Waals surface area contributed by atoms with Crippen molar-refractivity contribution in [3.05, 3.63) is 23.9 Å². The zero-order valence-corrected chi connectivity index (χ0v) is 14.8. The van der Waals surface area contributed by atoms with Crippen LogP contribution in [0.1, 0.15) is 33.3 Å². The van der Waals surface area contributed by atoms with E-state index in [9.17, 15) is 0 Å². The lowest BCUT2D eigenvalue weighted by Gasteiger charge is -2.36. The van der Waals surface area contributed by atoms with Crippen LogP contribution in [0.5, 0.6) is 0 Å². The molecule has 2 N–H and O–H groups in total. The zero-order valence-electron chi connectivity index (χ0n) is 14.8. The van der Waals surface area contributed by atoms with Gasteiger partial charge in [-0.3, -0.25) is 4.99 Å². The lowest BCUT2D eigenvalue weighted by Crippen LogP contribution is -2.45. The molecule has 128 valence electrons. The van der Waals surface area contributed by atoms with Crippen LogP contribution >= 0.6 is 0 Å². The molecule has 6 nitrogen and oxygen atoms in total. The first kappa shape index (κ1) is 17.5. The highest BCUT2D eigenvalue weighted by molar-refractivity contribution is 5.79. The molecule has 2 heterocycles. The van der Waals surface area contributed by atoms with Crippen molar-refractivity contribution >= 4 is 11.8 Å². The van der Waals surface area contributed by atoms with Crippen LogP contribution in [0.2, 0.25) is 0 Å². The van der Waals surface area contributed by atoms with Gasteiger partial charge in [-0.2, -0.15) is 0 Å². The Bertz CT molecular complexity index is 504. The summed E-state index contributed by atoms with van der Waals surface area (Å²) in [4.78, 5) is 11.1. The van der Waals surface area contributed by atoms with Gasteiger partial charge in [-0.15, -0.1) is 0 Å². The van der Waals surface area contributed by atoms with Gasteiger partial charge in [-0.1, -0.05) is 6.07 Å². The second kappa shape index (κ2) is 8.15. The molecule has 1 aliphatic rings. The third-order valence-electron chi connectivity index (χ3n) is 3.66. The van der Waals surface area contributed by atoms with E-state index in [1.54, 1.807) is 7.05 Å². The summed E-state index contributed by atoms with van der Waals surface area (Å²) in [5, 5.41) is 6.56. The smallest absolute Gasteiger partial charge is 0.191 e. The molecule has 23 heavy (non-hydrogen) atoms. The van der Waals surface area contributed by atoms with E-state index < -0.39 is 0 Å². The zero-order chi connectivity index (χ0) is 16.8. The summed E-state index contributed by atoms with van der Waals surface area (Å²) in [5.41, 5.74) is 1.13. The summed E-state index contributed by atoms with van der Waals surface area (Å²) in [6.45, 7) is 10.9. The number of aliphatic imine (C=N–C) groups is 1. The largest absolute Gasteiger partial charge is 0.372 e. The predicted molar refractivity (Wildman–Crippen MR) is 94.9 cm³/mol. The summed E-state index contributed by atoms with van der Waals surface area (Å²) in [7, 11) is 1.78. The summed E-state index contributed by atoms with van der Waals surface area (Å²) in [5.74, 6) is 1.82. The first-order valence-corrected chi connectivity index (χ1v) is 8.30. The minimum absolute atomic E-state index is 0.243. The van der Waals surface area contributed by atoms with E-state index >= 15 is 0 Å². The molecule has 2 rings (SSSR count). The van der Waals surface area contributed by atoms with Crippen molar-refractivity contribution in [2.45, 2.75) is 52.5 Å². The summed E-state index contributed by atoms with van der Waals surface area (Å²) in [6, 6.07) is 4.55. The molecule has 6 heteroatoms. The van der Waals surface area contributed by atoms with Crippen molar-refractivity contribution in [1.82, 2.24) is 15.6 Å². The van der Waals surface area contributed by atoms with Crippen molar-refractivity contribution in [2.75, 3.05) is 25.0 Å². The highest BCUT2D eigenvalue weighted by Crippen LogP contribution is 2.18. The number of ether oxygens (including phenoxy) is 1. The van der Waals surface area contributed by atoms with Gasteiger partial charge < -0.3 is 20.3 Å². The fraction of sp³-hybridized carbons (Fsp3) is 0.647. The molecule has 0 radical (unpaired) electrons. The maximum absolute atomic E-state index is 5.77. The summed E-state index contributed by atoms with van der Waals surface area (Å²) in [6.07, 6.45) is 2.41. The Labute approximate surface area is 139 Å². The minimum atomic E-state index is 0.243. The van der Waals surface area contributed by atoms with E-state index in [0.717, 1.165) is 30.4 Å². The van der Waals surface area contributed by atoms with Crippen molar-refractivity contribution in [1.29, 1.82) is 0 Å². The van der Waals surface area contributed by atoms with Crippen LogP contribution < -0.4 is 15.5 Å². The van der Waals surface area contributed by atoms with Gasteiger partial charge in [0.15, 0.2) is 5.96 Å². The van der Waals surface area contributed by atoms with Gasteiger partial charge in [0.2, 0.25) is 0 Å². The Hall–Kier alpha value is -1.82. The molecule has 0 saturated carbocycles. The first-order valence-electron chi connectivity index (χ1n) is 8.30. The molecule has 0 aromatic carbocycles. The normalized spacial score (nSPS) is 22.3. The number of aromatic nitrogens is 1. The highest BCUT2D eigenvalue weighted by Gasteiger charge is 2.22. The standard InChI is InChI=1S/C17H29N5O/c1-12(2)21-17(18-5)20-9-15-6-7-16(19-8-15)22-10-13(3)23-14(4)11-22/h6-8,12-14H,9-11H2,1-5H3,(H2,18,20,21)/t13-,14-/m0/s1. The lowest BCUT2D eigenvalue weighted by molar-refractivity contribution is -0.00545. The van der Waals surface area contributed by atoms with Crippen LogP contribution in [0.15, 0.2) is 23.3 Å². The number of nitrogens with zero attached hydrogens (tertiary/aromatic N) is 3. The van der Waals surface area contributed by atoms with Crippen molar-refractivity contribution in [3.8, 4) is 0 Å². The molecule has 1 fully saturated rings. The molecule has 1 aromatic heterocycles. The molecule has 1 aliphatic heterocycles. The minimum Gasteiger partial charge on any atom is -0.372 e. The summed E-state index contributed by atoms with van der Waals surface area (Å²) < 4.78 is 5.77. The molecular weight excluding hydrogens is 290 g/mol. The fourth-order valence-electron chi connectivity index (χ4n) is 2.73. The molecule has 0 aliphatic carbocycles. The second-order valence-corrected chi connectivity index (χ2v) is 6.41. The number of rotatable bonds is 4. The van der Waals surface area contributed by atoms with Crippen LogP contribution in [-0.4, -0.2) is 49.3 Å². The first-order chi connectivity index (χ1) is 11.0. The second-order valence-electron chi connectivity index (χ2n) is 6.41. The number of guanidine groups is 1. The van der Waals surface area contributed by atoms with Gasteiger partial charge in [0, 0.05) is 38.9 Å². The van der Waals surface area contributed by atoms with Crippen molar-refractivity contribution in [2.24, 2.45) is 4.99 Å². The van der Waals surface area contributed by atoms with Gasteiger partial charge >= 0.3 is 0 Å². The number of anilines is 1. The Morgan fingerprint density at radius 1 is 1.35 bits per heavy atom. The van der Waals surface area contributed by atoms with Crippen LogP contribution in [0.4, 0.5) is 5.82 Å². The molecule has 0 bridgehead atoms. The lowest BCUT2D eigenvalue weighted by atomic mass is 10.2. The van der Waals surface area contributed by atoms with Crippen LogP contribution in [0.3, 0.4) is 0 Å². The van der Waals surface area contributed by atoms with Gasteiger partial charge in [0.25, 0.3) is 0 Å². The quantitative estimate of drug-likeness (QED) is 0.654. The van der Waals surface area contributed by atoms with Crippen LogP contribution in [-0.2, 0) is 11.3 Å². The Balaban J connectivity index is 1.91. The van der Waals surface area contributed by atoms with Crippen LogP contribution in [0, 0.1) is 0 Å². The number of hydrogen-bond donors (Lipinski definition) is 2. The van der Waals surface area contributed by atoms with Crippen LogP contribution in [0.25, 0.3) is 0 Å². The average Bonchev–Trinajstić information content (AvgIpc) is 2.50. The predicted octanol–water partition coefficient (Wildman–Crippen LogP) is 1.77. The monoisotopic (exact) mass is 319 g/mol. The average molecular weight is 319 g/mol. The van der Waals surface area contributed by atoms with E-state index in [0.29, 0.717) is 12.6 Å². The molecule has 0 spiro atoms. The Morgan fingerprint density at radius 3 is 2.57 bits per heavy atom. The number of morpholine rings is 1. The molecule has 2 atom stereocenters. The van der Waals surface area contributed by atoms with E-state index in [2.05, 4.69) is 65.3 Å². The van der Waals surface area contributed by atoms with Crippen molar-refractivity contribution < 1.29 is 4.74 Å². The van der Waals surface area contributed by atoms with E-state index in [1.165, 1.54) is 0 Å². The van der Waals surface area contributed by atoms with Gasteiger partial charge in [0.1, 0.15) is 5.82 Å². The molecule has 1 aromatic rings. The highest BCUT2D eigenvalue weighted by atomic mass is 16.5.